The van der Waals surface area contributed by atoms with E-state index in [4.69, 9.17) is 0 Å². The van der Waals surface area contributed by atoms with E-state index >= 15 is 0 Å². The van der Waals surface area contributed by atoms with E-state index in [0.717, 1.165) is 17.4 Å². The van der Waals surface area contributed by atoms with Crippen LogP contribution >= 0.6 is 11.3 Å². The molecule has 0 spiro atoms. The van der Waals surface area contributed by atoms with Gasteiger partial charge in [-0.25, -0.2) is 18.2 Å². The van der Waals surface area contributed by atoms with Crippen LogP contribution in [-0.4, -0.2) is 10.8 Å². The molecule has 1 aromatic heterocycles. The van der Waals surface area contributed by atoms with Crippen molar-refractivity contribution in [3.63, 3.8) is 0 Å². The van der Waals surface area contributed by atoms with Crippen molar-refractivity contribution in [1.82, 2.24) is 4.98 Å². The van der Waals surface area contributed by atoms with Gasteiger partial charge >= 0.3 is 0 Å². The van der Waals surface area contributed by atoms with Gasteiger partial charge in [0.25, 0.3) is 0 Å². The number of aromatic nitrogens is 1. The molecule has 6 heteroatoms. The van der Waals surface area contributed by atoms with Crippen molar-refractivity contribution in [3.05, 3.63) is 51.7 Å². The Kier molecular flexibility index (Phi) is 2.74. The van der Waals surface area contributed by atoms with Gasteiger partial charge in [0, 0.05) is 5.38 Å². The summed E-state index contributed by atoms with van der Waals surface area (Å²) in [6.45, 7) is 0. The third-order valence-corrected chi connectivity index (χ3v) is 2.53. The van der Waals surface area contributed by atoms with Crippen molar-refractivity contribution in [2.75, 3.05) is 0 Å². The maximum Gasteiger partial charge on any atom is 0.215 e. The number of thiazole rings is 1. The number of halogens is 3. The molecule has 0 bridgehead atoms. The topological polar surface area (TPSA) is 30.0 Å². The van der Waals surface area contributed by atoms with Gasteiger partial charge < -0.3 is 0 Å². The smallest absolute Gasteiger partial charge is 0.215 e. The fourth-order valence-electron chi connectivity index (χ4n) is 1.16. The van der Waals surface area contributed by atoms with Gasteiger partial charge in [-0.05, 0) is 12.1 Å². The van der Waals surface area contributed by atoms with Crippen molar-refractivity contribution in [3.8, 4) is 0 Å². The third-order valence-electron chi connectivity index (χ3n) is 1.94. The summed E-state index contributed by atoms with van der Waals surface area (Å²) in [4.78, 5) is 15.3. The molecule has 0 aliphatic heterocycles. The molecule has 1 heterocycles. The molecule has 16 heavy (non-hydrogen) atoms. The lowest BCUT2D eigenvalue weighted by Gasteiger charge is -2.01. The van der Waals surface area contributed by atoms with Crippen LogP contribution in [0, 0.1) is 17.5 Å². The Morgan fingerprint density at radius 3 is 2.56 bits per heavy atom. The highest BCUT2D eigenvalue weighted by atomic mass is 32.1. The van der Waals surface area contributed by atoms with Gasteiger partial charge in [0.05, 0.1) is 11.1 Å². The van der Waals surface area contributed by atoms with E-state index in [-0.39, 0.29) is 5.69 Å². The van der Waals surface area contributed by atoms with Gasteiger partial charge in [0.1, 0.15) is 5.69 Å². The minimum Gasteiger partial charge on any atom is -0.287 e. The molecule has 0 fully saturated rings. The average molecular weight is 243 g/mol. The van der Waals surface area contributed by atoms with Crippen LogP contribution in [0.15, 0.2) is 23.0 Å². The van der Waals surface area contributed by atoms with Crippen LogP contribution in [-0.2, 0) is 0 Å². The quantitative estimate of drug-likeness (QED) is 0.599. The summed E-state index contributed by atoms with van der Waals surface area (Å²) in [6, 6.07) is 1.60. The fraction of sp³-hybridized carbons (Fsp3) is 0. The van der Waals surface area contributed by atoms with Crippen LogP contribution in [0.1, 0.15) is 16.1 Å². The molecule has 2 rings (SSSR count). The second-order valence-electron chi connectivity index (χ2n) is 2.93. The minimum absolute atomic E-state index is 0.00917. The summed E-state index contributed by atoms with van der Waals surface area (Å²) in [7, 11) is 0. The number of hydrogen-bond donors (Lipinski definition) is 0. The van der Waals surface area contributed by atoms with Gasteiger partial charge in [0.15, 0.2) is 17.5 Å². The predicted octanol–water partition coefficient (Wildman–Crippen LogP) is 2.79. The maximum atomic E-state index is 13.2. The Morgan fingerprint density at radius 1 is 1.19 bits per heavy atom. The summed E-state index contributed by atoms with van der Waals surface area (Å²) < 4.78 is 38.7. The van der Waals surface area contributed by atoms with Crippen LogP contribution < -0.4 is 0 Å². The minimum atomic E-state index is -1.65. The van der Waals surface area contributed by atoms with E-state index in [0.29, 0.717) is 6.07 Å². The Hall–Kier alpha value is -1.69. The number of hydrogen-bond acceptors (Lipinski definition) is 3. The van der Waals surface area contributed by atoms with Crippen LogP contribution in [0.3, 0.4) is 0 Å². The van der Waals surface area contributed by atoms with Crippen LogP contribution in [0.2, 0.25) is 0 Å². The molecule has 0 amide bonds. The third kappa shape index (κ3) is 1.71. The lowest BCUT2D eigenvalue weighted by Crippen LogP contribution is -2.07. The van der Waals surface area contributed by atoms with Crippen LogP contribution in [0.4, 0.5) is 13.2 Å². The summed E-state index contributed by atoms with van der Waals surface area (Å²) in [5.74, 6) is -5.23. The molecule has 0 atom stereocenters. The van der Waals surface area contributed by atoms with Gasteiger partial charge in [-0.2, -0.15) is 0 Å². The second-order valence-corrected chi connectivity index (χ2v) is 3.64. The zero-order valence-electron chi connectivity index (χ0n) is 7.71. The van der Waals surface area contributed by atoms with E-state index in [2.05, 4.69) is 4.98 Å². The lowest BCUT2D eigenvalue weighted by molar-refractivity contribution is 0.103. The highest BCUT2D eigenvalue weighted by molar-refractivity contribution is 7.07. The van der Waals surface area contributed by atoms with Gasteiger partial charge in [-0.1, -0.05) is 0 Å². The molecule has 1 aromatic carbocycles. The molecule has 2 nitrogen and oxygen atoms in total. The molecular formula is C10H4F3NOS. The molecule has 0 saturated heterocycles. The fourth-order valence-corrected chi connectivity index (χ4v) is 1.70. The predicted molar refractivity (Wildman–Crippen MR) is 51.9 cm³/mol. The normalized spacial score (nSPS) is 10.4. The average Bonchev–Trinajstić information content (AvgIpc) is 2.79. The molecular weight excluding hydrogens is 239 g/mol. The largest absolute Gasteiger partial charge is 0.287 e. The number of benzene rings is 1. The van der Waals surface area contributed by atoms with Crippen molar-refractivity contribution in [2.45, 2.75) is 0 Å². The second kappa shape index (κ2) is 4.05. The van der Waals surface area contributed by atoms with Crippen LogP contribution in [0.25, 0.3) is 0 Å². The van der Waals surface area contributed by atoms with E-state index in [1.807, 2.05) is 0 Å². The molecule has 0 radical (unpaired) electrons. The molecule has 82 valence electrons. The molecule has 0 aliphatic carbocycles. The van der Waals surface area contributed by atoms with Gasteiger partial charge in [-0.3, -0.25) is 4.79 Å². The van der Waals surface area contributed by atoms with Gasteiger partial charge in [0.2, 0.25) is 5.78 Å². The Morgan fingerprint density at radius 2 is 1.94 bits per heavy atom. The van der Waals surface area contributed by atoms with E-state index in [1.165, 1.54) is 10.9 Å². The SMILES string of the molecule is O=C(c1cscn1)c1ccc(F)c(F)c1F. The zero-order valence-corrected chi connectivity index (χ0v) is 8.52. The Labute approximate surface area is 92.4 Å². The van der Waals surface area contributed by atoms with Crippen molar-refractivity contribution >= 4 is 17.1 Å². The Bertz CT molecular complexity index is 539. The highest BCUT2D eigenvalue weighted by Crippen LogP contribution is 2.18. The van der Waals surface area contributed by atoms with Crippen molar-refractivity contribution in [1.29, 1.82) is 0 Å². The zero-order chi connectivity index (χ0) is 11.7. The first kappa shape index (κ1) is 10.8. The highest BCUT2D eigenvalue weighted by Gasteiger charge is 2.20. The first-order valence-electron chi connectivity index (χ1n) is 4.17. The van der Waals surface area contributed by atoms with Crippen molar-refractivity contribution < 1.29 is 18.0 Å². The maximum absolute atomic E-state index is 13.2. The molecule has 0 aliphatic rings. The number of rotatable bonds is 2. The van der Waals surface area contributed by atoms with E-state index in [9.17, 15) is 18.0 Å². The van der Waals surface area contributed by atoms with Gasteiger partial charge in [-0.15, -0.1) is 11.3 Å². The number of nitrogens with zero attached hydrogens (tertiary/aromatic N) is 1. The summed E-state index contributed by atoms with van der Waals surface area (Å²) in [6.07, 6.45) is 0. The van der Waals surface area contributed by atoms with E-state index < -0.39 is 28.8 Å². The summed E-state index contributed by atoms with van der Waals surface area (Å²) in [5, 5.41) is 1.41. The first-order chi connectivity index (χ1) is 7.61. The Balaban J connectivity index is 2.50. The summed E-state index contributed by atoms with van der Waals surface area (Å²) >= 11 is 1.15. The standard InChI is InChI=1S/C10H4F3NOS/c11-6-2-1-5(8(12)9(6)13)10(15)7-3-16-4-14-7/h1-4H. The van der Waals surface area contributed by atoms with E-state index in [1.54, 1.807) is 0 Å². The molecule has 0 N–H and O–H groups in total. The monoisotopic (exact) mass is 243 g/mol. The lowest BCUT2D eigenvalue weighted by atomic mass is 10.1. The molecule has 0 unspecified atom stereocenters. The molecule has 2 aromatic rings. The van der Waals surface area contributed by atoms with Crippen molar-refractivity contribution in [2.24, 2.45) is 0 Å². The van der Waals surface area contributed by atoms with Crippen LogP contribution in [0.5, 0.6) is 0 Å². The number of carbonyl (C=O) groups is 1. The number of carbonyl (C=O) groups excluding carboxylic acids is 1. The first-order valence-corrected chi connectivity index (χ1v) is 5.12. The molecule has 0 saturated carbocycles. The number of ketones is 1. The summed E-state index contributed by atoms with van der Waals surface area (Å²) in [5.41, 5.74) is 0.880.